The summed E-state index contributed by atoms with van der Waals surface area (Å²) in [5, 5.41) is 11.9. The maximum absolute atomic E-state index is 11.9. The van der Waals surface area contributed by atoms with Gasteiger partial charge in [-0.15, -0.1) is 0 Å². The Bertz CT molecular complexity index is 310. The molecule has 5 heteroatoms. The minimum Gasteiger partial charge on any atom is -0.481 e. The molecular formula is C14H28N2O3. The van der Waals surface area contributed by atoms with Crippen molar-refractivity contribution in [1.82, 2.24) is 10.2 Å². The van der Waals surface area contributed by atoms with E-state index in [9.17, 15) is 9.59 Å². The average Bonchev–Trinajstić information content (AvgIpc) is 2.26. The topological polar surface area (TPSA) is 69.6 Å². The fourth-order valence-electron chi connectivity index (χ4n) is 1.58. The smallest absolute Gasteiger partial charge is 0.307 e. The molecule has 0 spiro atoms. The second kappa shape index (κ2) is 7.48. The van der Waals surface area contributed by atoms with Crippen LogP contribution in [0.5, 0.6) is 0 Å². The number of carbonyl (C=O) groups is 2. The second-order valence-corrected chi connectivity index (χ2v) is 6.17. The number of hydrogen-bond donors (Lipinski definition) is 2. The third kappa shape index (κ3) is 7.15. The maximum atomic E-state index is 11.9. The first-order valence-electron chi connectivity index (χ1n) is 6.85. The molecule has 0 aliphatic rings. The first kappa shape index (κ1) is 17.9. The van der Waals surface area contributed by atoms with Gasteiger partial charge in [0, 0.05) is 18.1 Å². The summed E-state index contributed by atoms with van der Waals surface area (Å²) in [6.07, 6.45) is 0.882. The number of aliphatic carboxylic acids is 1. The normalized spacial score (nSPS) is 15.1. The van der Waals surface area contributed by atoms with Gasteiger partial charge in [0.15, 0.2) is 0 Å². The standard InChI is InChI=1S/C14H28N2O3/c1-7-11(3)15-12(17)9-16(14(4,5)6)8-10(2)13(18)19/h10-11H,7-9H2,1-6H3,(H,15,17)(H,18,19). The highest BCUT2D eigenvalue weighted by atomic mass is 16.4. The SMILES string of the molecule is CCC(C)NC(=O)CN(CC(C)C(=O)O)C(C)(C)C. The fourth-order valence-corrected chi connectivity index (χ4v) is 1.58. The Labute approximate surface area is 116 Å². The predicted molar refractivity (Wildman–Crippen MR) is 76.0 cm³/mol. The van der Waals surface area contributed by atoms with Crippen LogP contribution in [0.1, 0.15) is 48.0 Å². The van der Waals surface area contributed by atoms with E-state index >= 15 is 0 Å². The Kier molecular flexibility index (Phi) is 7.05. The second-order valence-electron chi connectivity index (χ2n) is 6.17. The molecule has 0 saturated carbocycles. The van der Waals surface area contributed by atoms with Crippen LogP contribution in [0.25, 0.3) is 0 Å². The summed E-state index contributed by atoms with van der Waals surface area (Å²) >= 11 is 0. The number of nitrogens with one attached hydrogen (secondary N) is 1. The first-order valence-corrected chi connectivity index (χ1v) is 6.85. The molecule has 2 N–H and O–H groups in total. The molecule has 0 aromatic rings. The molecule has 0 rings (SSSR count). The van der Waals surface area contributed by atoms with Crippen LogP contribution in [0.3, 0.4) is 0 Å². The zero-order valence-electron chi connectivity index (χ0n) is 13.0. The van der Waals surface area contributed by atoms with E-state index in [4.69, 9.17) is 5.11 Å². The summed E-state index contributed by atoms with van der Waals surface area (Å²) in [5.41, 5.74) is -0.240. The van der Waals surface area contributed by atoms with Gasteiger partial charge >= 0.3 is 5.97 Å². The highest BCUT2D eigenvalue weighted by Crippen LogP contribution is 2.15. The largest absolute Gasteiger partial charge is 0.481 e. The highest BCUT2D eigenvalue weighted by molar-refractivity contribution is 5.78. The molecule has 0 radical (unpaired) electrons. The molecule has 0 fully saturated rings. The van der Waals surface area contributed by atoms with E-state index in [2.05, 4.69) is 5.32 Å². The van der Waals surface area contributed by atoms with E-state index in [-0.39, 0.29) is 24.0 Å². The minimum atomic E-state index is -0.836. The molecule has 2 atom stereocenters. The van der Waals surface area contributed by atoms with Crippen molar-refractivity contribution in [2.75, 3.05) is 13.1 Å². The van der Waals surface area contributed by atoms with Crippen molar-refractivity contribution < 1.29 is 14.7 Å². The van der Waals surface area contributed by atoms with Crippen LogP contribution in [0, 0.1) is 5.92 Å². The van der Waals surface area contributed by atoms with Gasteiger partial charge in [-0.05, 0) is 34.1 Å². The van der Waals surface area contributed by atoms with E-state index in [1.165, 1.54) is 0 Å². The van der Waals surface area contributed by atoms with Crippen molar-refractivity contribution in [3.05, 3.63) is 0 Å². The van der Waals surface area contributed by atoms with Gasteiger partial charge in [-0.3, -0.25) is 14.5 Å². The van der Waals surface area contributed by atoms with E-state index in [0.717, 1.165) is 6.42 Å². The summed E-state index contributed by atoms with van der Waals surface area (Å²) in [6, 6.07) is 0.145. The van der Waals surface area contributed by atoms with E-state index in [0.29, 0.717) is 6.54 Å². The lowest BCUT2D eigenvalue weighted by molar-refractivity contribution is -0.142. The highest BCUT2D eigenvalue weighted by Gasteiger charge is 2.27. The number of nitrogens with zero attached hydrogens (tertiary/aromatic N) is 1. The van der Waals surface area contributed by atoms with Crippen LogP contribution in [0.15, 0.2) is 0 Å². The number of carboxylic acids is 1. The van der Waals surface area contributed by atoms with Crippen LogP contribution in [0.2, 0.25) is 0 Å². The third-order valence-corrected chi connectivity index (χ3v) is 3.22. The van der Waals surface area contributed by atoms with Gasteiger partial charge in [0.2, 0.25) is 5.91 Å². The number of carbonyl (C=O) groups excluding carboxylic acids is 1. The zero-order valence-corrected chi connectivity index (χ0v) is 13.0. The quantitative estimate of drug-likeness (QED) is 0.740. The summed E-state index contributed by atoms with van der Waals surface area (Å²) in [5.74, 6) is -1.38. The molecule has 0 aliphatic carbocycles. The lowest BCUT2D eigenvalue weighted by Crippen LogP contribution is -2.50. The summed E-state index contributed by atoms with van der Waals surface area (Å²) in [6.45, 7) is 12.2. The van der Waals surface area contributed by atoms with Gasteiger partial charge in [0.25, 0.3) is 0 Å². The third-order valence-electron chi connectivity index (χ3n) is 3.22. The van der Waals surface area contributed by atoms with Crippen molar-refractivity contribution in [1.29, 1.82) is 0 Å². The Morgan fingerprint density at radius 2 is 1.79 bits per heavy atom. The van der Waals surface area contributed by atoms with Crippen molar-refractivity contribution in [3.8, 4) is 0 Å². The van der Waals surface area contributed by atoms with Gasteiger partial charge in [-0.1, -0.05) is 13.8 Å². The number of rotatable bonds is 7. The van der Waals surface area contributed by atoms with Crippen molar-refractivity contribution in [2.24, 2.45) is 5.92 Å². The van der Waals surface area contributed by atoms with Gasteiger partial charge in [-0.25, -0.2) is 0 Å². The Hall–Kier alpha value is -1.10. The van der Waals surface area contributed by atoms with E-state index in [1.807, 2.05) is 39.5 Å². The van der Waals surface area contributed by atoms with Crippen LogP contribution < -0.4 is 5.32 Å². The minimum absolute atomic E-state index is 0.0538. The van der Waals surface area contributed by atoms with Crippen LogP contribution >= 0.6 is 0 Å². The summed E-state index contributed by atoms with van der Waals surface area (Å²) in [7, 11) is 0. The number of amides is 1. The Morgan fingerprint density at radius 1 is 1.26 bits per heavy atom. The Balaban J connectivity index is 4.62. The molecule has 19 heavy (non-hydrogen) atoms. The number of hydrogen-bond acceptors (Lipinski definition) is 3. The van der Waals surface area contributed by atoms with Gasteiger partial charge in [0.1, 0.15) is 0 Å². The van der Waals surface area contributed by atoms with E-state index in [1.54, 1.807) is 6.92 Å². The molecular weight excluding hydrogens is 244 g/mol. The first-order chi connectivity index (χ1) is 8.57. The lowest BCUT2D eigenvalue weighted by Gasteiger charge is -2.36. The molecule has 0 aromatic heterocycles. The predicted octanol–water partition coefficient (Wildman–Crippen LogP) is 1.72. The van der Waals surface area contributed by atoms with Gasteiger partial charge in [0.05, 0.1) is 12.5 Å². The fraction of sp³-hybridized carbons (Fsp3) is 0.857. The molecule has 0 aliphatic heterocycles. The molecule has 0 heterocycles. The van der Waals surface area contributed by atoms with Crippen molar-refractivity contribution in [3.63, 3.8) is 0 Å². The lowest BCUT2D eigenvalue weighted by atomic mass is 10.0. The molecule has 0 bridgehead atoms. The molecule has 2 unspecified atom stereocenters. The molecule has 5 nitrogen and oxygen atoms in total. The van der Waals surface area contributed by atoms with Crippen LogP contribution in [-0.2, 0) is 9.59 Å². The number of carboxylic acid groups (broad SMARTS) is 1. The molecule has 0 saturated heterocycles. The average molecular weight is 272 g/mol. The Morgan fingerprint density at radius 3 is 2.16 bits per heavy atom. The van der Waals surface area contributed by atoms with Crippen molar-refractivity contribution >= 4 is 11.9 Å². The molecule has 1 amide bonds. The maximum Gasteiger partial charge on any atom is 0.307 e. The van der Waals surface area contributed by atoms with Gasteiger partial charge in [-0.2, -0.15) is 0 Å². The van der Waals surface area contributed by atoms with Crippen LogP contribution in [0.4, 0.5) is 0 Å². The van der Waals surface area contributed by atoms with E-state index < -0.39 is 11.9 Å². The molecule has 0 aromatic carbocycles. The summed E-state index contributed by atoms with van der Waals surface area (Å²) in [4.78, 5) is 24.8. The summed E-state index contributed by atoms with van der Waals surface area (Å²) < 4.78 is 0. The van der Waals surface area contributed by atoms with Crippen LogP contribution in [-0.4, -0.2) is 46.6 Å². The van der Waals surface area contributed by atoms with Gasteiger partial charge < -0.3 is 10.4 Å². The van der Waals surface area contributed by atoms with Crippen molar-refractivity contribution in [2.45, 2.75) is 59.5 Å². The monoisotopic (exact) mass is 272 g/mol. The zero-order chi connectivity index (χ0) is 15.2. The molecule has 112 valence electrons.